The summed E-state index contributed by atoms with van der Waals surface area (Å²) in [7, 11) is 0. The van der Waals surface area contributed by atoms with Gasteiger partial charge in [-0.05, 0) is 12.1 Å². The van der Waals surface area contributed by atoms with Crippen LogP contribution in [0.15, 0.2) is 12.1 Å². The van der Waals surface area contributed by atoms with E-state index in [1.165, 1.54) is 13.8 Å². The average molecular weight is 212 g/mol. The van der Waals surface area contributed by atoms with E-state index in [2.05, 4.69) is 0 Å². The number of phenols is 1. The summed E-state index contributed by atoms with van der Waals surface area (Å²) in [6.07, 6.45) is 0. The van der Waals surface area contributed by atoms with E-state index in [0.29, 0.717) is 0 Å². The van der Waals surface area contributed by atoms with Gasteiger partial charge in [-0.3, -0.25) is 0 Å². The zero-order chi connectivity index (χ0) is 11.2. The topological polar surface area (TPSA) is 55.8 Å². The first kappa shape index (κ1) is 9.76. The molecule has 1 aliphatic rings. The predicted molar refractivity (Wildman–Crippen MR) is 48.2 cm³/mol. The number of benzene rings is 1. The lowest BCUT2D eigenvalue weighted by atomic mass is 10.1. The summed E-state index contributed by atoms with van der Waals surface area (Å²) in [5.74, 6) is -3.34. The maximum absolute atomic E-state index is 13.3. The zero-order valence-electron chi connectivity index (χ0n) is 8.20. The first-order valence-electron chi connectivity index (χ1n) is 4.34. The van der Waals surface area contributed by atoms with Gasteiger partial charge in [-0.15, -0.1) is 0 Å². The molecule has 2 rings (SSSR count). The molecule has 0 radical (unpaired) electrons. The fourth-order valence-electron chi connectivity index (χ4n) is 1.38. The van der Waals surface area contributed by atoms with E-state index in [9.17, 15) is 14.3 Å². The summed E-state index contributed by atoms with van der Waals surface area (Å²) in [6, 6.07) is 2.11. The molecule has 0 saturated heterocycles. The minimum Gasteiger partial charge on any atom is -0.507 e. The van der Waals surface area contributed by atoms with Crippen LogP contribution in [-0.2, 0) is 4.74 Å². The lowest BCUT2D eigenvalue weighted by Crippen LogP contribution is -2.39. The van der Waals surface area contributed by atoms with Crippen molar-refractivity contribution in [2.45, 2.75) is 19.6 Å². The van der Waals surface area contributed by atoms with Gasteiger partial charge in [0.1, 0.15) is 11.3 Å². The molecule has 15 heavy (non-hydrogen) atoms. The van der Waals surface area contributed by atoms with E-state index in [0.717, 1.165) is 12.1 Å². The number of phenolic OH excluding ortho intramolecular Hbond substituents is 1. The third-order valence-corrected chi connectivity index (χ3v) is 1.98. The molecule has 4 nitrogen and oxygen atoms in total. The van der Waals surface area contributed by atoms with Gasteiger partial charge in [0.05, 0.1) is 0 Å². The molecule has 80 valence electrons. The van der Waals surface area contributed by atoms with Gasteiger partial charge in [0.15, 0.2) is 11.6 Å². The molecule has 0 amide bonds. The van der Waals surface area contributed by atoms with Gasteiger partial charge in [0.2, 0.25) is 5.79 Å². The van der Waals surface area contributed by atoms with E-state index in [-0.39, 0.29) is 17.1 Å². The Morgan fingerprint density at radius 2 is 2.00 bits per heavy atom. The first-order chi connectivity index (χ1) is 6.91. The Morgan fingerprint density at radius 3 is 2.67 bits per heavy atom. The normalized spacial score (nSPS) is 17.7. The third-order valence-electron chi connectivity index (χ3n) is 1.98. The fourth-order valence-corrected chi connectivity index (χ4v) is 1.38. The highest BCUT2D eigenvalue weighted by Crippen LogP contribution is 2.38. The van der Waals surface area contributed by atoms with Crippen molar-refractivity contribution in [2.75, 3.05) is 0 Å². The lowest BCUT2D eigenvalue weighted by molar-refractivity contribution is -0.129. The van der Waals surface area contributed by atoms with Gasteiger partial charge in [-0.25, -0.2) is 9.18 Å². The molecule has 0 fully saturated rings. The van der Waals surface area contributed by atoms with Crippen LogP contribution in [0.2, 0.25) is 0 Å². The second-order valence-corrected chi connectivity index (χ2v) is 3.66. The highest BCUT2D eigenvalue weighted by atomic mass is 19.1. The highest BCUT2D eigenvalue weighted by Gasteiger charge is 2.37. The summed E-state index contributed by atoms with van der Waals surface area (Å²) in [5.41, 5.74) is -0.269. The van der Waals surface area contributed by atoms with Crippen LogP contribution in [0.25, 0.3) is 0 Å². The van der Waals surface area contributed by atoms with Gasteiger partial charge >= 0.3 is 5.97 Å². The number of carbonyl (C=O) groups excluding carboxylic acids is 1. The number of hydrogen-bond acceptors (Lipinski definition) is 4. The van der Waals surface area contributed by atoms with Gasteiger partial charge in [-0.1, -0.05) is 0 Å². The largest absolute Gasteiger partial charge is 0.507 e. The molecule has 1 N–H and O–H groups in total. The van der Waals surface area contributed by atoms with Crippen LogP contribution < -0.4 is 4.74 Å². The Bertz CT molecular complexity index is 439. The van der Waals surface area contributed by atoms with Crippen LogP contribution in [0.1, 0.15) is 24.2 Å². The fraction of sp³-hybridized carbons (Fsp3) is 0.300. The monoisotopic (exact) mass is 212 g/mol. The molecule has 0 saturated carbocycles. The van der Waals surface area contributed by atoms with Crippen molar-refractivity contribution in [2.24, 2.45) is 0 Å². The molecule has 0 aromatic heterocycles. The van der Waals surface area contributed by atoms with Crippen molar-refractivity contribution in [3.05, 3.63) is 23.5 Å². The second-order valence-electron chi connectivity index (χ2n) is 3.66. The number of rotatable bonds is 0. The van der Waals surface area contributed by atoms with Crippen molar-refractivity contribution in [1.82, 2.24) is 0 Å². The Labute approximate surface area is 85.2 Å². The van der Waals surface area contributed by atoms with Gasteiger partial charge < -0.3 is 14.6 Å². The second kappa shape index (κ2) is 2.85. The summed E-state index contributed by atoms with van der Waals surface area (Å²) in [6.45, 7) is 2.97. The van der Waals surface area contributed by atoms with Crippen molar-refractivity contribution < 1.29 is 23.8 Å². The summed E-state index contributed by atoms with van der Waals surface area (Å²) in [4.78, 5) is 11.4. The van der Waals surface area contributed by atoms with E-state index in [1.54, 1.807) is 0 Å². The Kier molecular flexibility index (Phi) is 1.86. The van der Waals surface area contributed by atoms with Crippen LogP contribution in [-0.4, -0.2) is 16.9 Å². The third kappa shape index (κ3) is 1.49. The van der Waals surface area contributed by atoms with Crippen LogP contribution in [0.5, 0.6) is 11.5 Å². The minimum atomic E-state index is -1.22. The molecule has 0 bridgehead atoms. The molecule has 1 aromatic rings. The number of hydrogen-bond donors (Lipinski definition) is 1. The predicted octanol–water partition coefficient (Wildman–Crippen LogP) is 1.82. The molecule has 0 atom stereocenters. The van der Waals surface area contributed by atoms with Crippen LogP contribution in [0, 0.1) is 5.82 Å². The molecule has 1 aromatic carbocycles. The molecule has 0 aliphatic carbocycles. The zero-order valence-corrected chi connectivity index (χ0v) is 8.20. The van der Waals surface area contributed by atoms with E-state index in [4.69, 9.17) is 9.47 Å². The Balaban J connectivity index is 2.64. The minimum absolute atomic E-state index is 0.267. The Hall–Kier alpha value is -1.78. The van der Waals surface area contributed by atoms with E-state index >= 15 is 0 Å². The van der Waals surface area contributed by atoms with Crippen LogP contribution in [0.3, 0.4) is 0 Å². The quantitative estimate of drug-likeness (QED) is 0.666. The number of ether oxygens (including phenoxy) is 2. The Morgan fingerprint density at radius 1 is 1.33 bits per heavy atom. The van der Waals surface area contributed by atoms with Crippen LogP contribution in [0.4, 0.5) is 4.39 Å². The first-order valence-corrected chi connectivity index (χ1v) is 4.34. The van der Waals surface area contributed by atoms with Crippen molar-refractivity contribution in [3.63, 3.8) is 0 Å². The van der Waals surface area contributed by atoms with Gasteiger partial charge in [-0.2, -0.15) is 0 Å². The maximum Gasteiger partial charge on any atom is 0.349 e. The van der Waals surface area contributed by atoms with E-state index < -0.39 is 17.6 Å². The number of cyclic esters (lactones) is 1. The van der Waals surface area contributed by atoms with Crippen molar-refractivity contribution in [3.8, 4) is 11.5 Å². The summed E-state index contributed by atoms with van der Waals surface area (Å²) < 4.78 is 23.3. The van der Waals surface area contributed by atoms with Gasteiger partial charge in [0.25, 0.3) is 0 Å². The smallest absolute Gasteiger partial charge is 0.349 e. The lowest BCUT2D eigenvalue weighted by Gasteiger charge is -2.31. The standard InChI is InChI=1S/C10H9FO4/c1-10(2)14-8-5(11)3-4-6(12)7(8)9(13)15-10/h3-4,12H,1-2H3. The molecular formula is C10H9FO4. The highest BCUT2D eigenvalue weighted by molar-refractivity contribution is 5.96. The molecule has 0 spiro atoms. The van der Waals surface area contributed by atoms with Gasteiger partial charge in [0, 0.05) is 13.8 Å². The number of carbonyl (C=O) groups is 1. The maximum atomic E-state index is 13.3. The number of aromatic hydroxyl groups is 1. The summed E-state index contributed by atoms with van der Waals surface area (Å²) >= 11 is 0. The number of halogens is 1. The van der Waals surface area contributed by atoms with E-state index in [1.807, 2.05) is 0 Å². The molecule has 1 aliphatic heterocycles. The molecular weight excluding hydrogens is 203 g/mol. The van der Waals surface area contributed by atoms with Crippen LogP contribution >= 0.6 is 0 Å². The summed E-state index contributed by atoms with van der Waals surface area (Å²) in [5, 5.41) is 9.37. The number of esters is 1. The molecule has 5 heteroatoms. The SMILES string of the molecule is CC1(C)OC(=O)c2c(O)ccc(F)c2O1. The van der Waals surface area contributed by atoms with Crippen molar-refractivity contribution >= 4 is 5.97 Å². The number of fused-ring (bicyclic) bond motifs is 1. The molecule has 0 unspecified atom stereocenters. The molecule has 1 heterocycles. The van der Waals surface area contributed by atoms with Crippen molar-refractivity contribution in [1.29, 1.82) is 0 Å². The average Bonchev–Trinajstić information content (AvgIpc) is 2.09.